The van der Waals surface area contributed by atoms with Crippen LogP contribution in [0.15, 0.2) is 0 Å². The maximum Gasteiger partial charge on any atom is 0.341 e. The Morgan fingerprint density at radius 1 is 1.24 bits per heavy atom. The maximum atomic E-state index is 12.5. The molecule has 3 atom stereocenters. The number of carbonyl (C=O) groups excluding carboxylic acids is 2. The molecule has 1 amide bonds. The molecule has 2 aliphatic carbocycles. The second kappa shape index (κ2) is 5.44. The van der Waals surface area contributed by atoms with E-state index in [2.05, 4.69) is 5.32 Å². The van der Waals surface area contributed by atoms with Gasteiger partial charge in [0.25, 0.3) is 0 Å². The van der Waals surface area contributed by atoms with Gasteiger partial charge in [0.2, 0.25) is 5.91 Å². The summed E-state index contributed by atoms with van der Waals surface area (Å²) in [5.74, 6) is 1.10. The lowest BCUT2D eigenvalue weighted by Gasteiger charge is -2.20. The van der Waals surface area contributed by atoms with E-state index >= 15 is 0 Å². The SMILES string of the molecule is COC(=O)c1c(NC(=O)[C@H]2C[C@H]3CC[C@@H]2C3)sc(C)c1C. The molecule has 0 aliphatic heterocycles. The molecule has 2 saturated carbocycles. The maximum absolute atomic E-state index is 12.5. The Kier molecular flexibility index (Phi) is 3.78. The first-order valence-corrected chi connectivity index (χ1v) is 8.32. The minimum Gasteiger partial charge on any atom is -0.465 e. The van der Waals surface area contributed by atoms with Crippen molar-refractivity contribution in [3.63, 3.8) is 0 Å². The molecule has 21 heavy (non-hydrogen) atoms. The molecule has 2 fully saturated rings. The number of ether oxygens (including phenoxy) is 1. The van der Waals surface area contributed by atoms with E-state index in [1.807, 2.05) is 13.8 Å². The minimum atomic E-state index is -0.375. The fourth-order valence-corrected chi connectivity index (χ4v) is 4.88. The molecule has 4 nitrogen and oxygen atoms in total. The summed E-state index contributed by atoms with van der Waals surface area (Å²) in [6.45, 7) is 3.85. The second-order valence-corrected chi connectivity index (χ2v) is 7.47. The van der Waals surface area contributed by atoms with Crippen molar-refractivity contribution < 1.29 is 14.3 Å². The molecular formula is C16H21NO3S. The van der Waals surface area contributed by atoms with E-state index in [9.17, 15) is 9.59 Å². The van der Waals surface area contributed by atoms with Gasteiger partial charge in [-0.2, -0.15) is 0 Å². The summed E-state index contributed by atoms with van der Waals surface area (Å²) in [4.78, 5) is 25.5. The van der Waals surface area contributed by atoms with Crippen LogP contribution < -0.4 is 5.32 Å². The van der Waals surface area contributed by atoms with Crippen molar-refractivity contribution in [1.29, 1.82) is 0 Å². The van der Waals surface area contributed by atoms with Gasteiger partial charge in [-0.25, -0.2) is 4.79 Å². The van der Waals surface area contributed by atoms with Crippen molar-refractivity contribution in [2.45, 2.75) is 39.5 Å². The Morgan fingerprint density at radius 3 is 2.57 bits per heavy atom. The quantitative estimate of drug-likeness (QED) is 0.869. The zero-order valence-corrected chi connectivity index (χ0v) is 13.5. The van der Waals surface area contributed by atoms with Crippen molar-refractivity contribution in [2.75, 3.05) is 12.4 Å². The number of nitrogens with one attached hydrogen (secondary N) is 1. The van der Waals surface area contributed by atoms with Crippen LogP contribution in [0.5, 0.6) is 0 Å². The standard InChI is InChI=1S/C16H21NO3S/c1-8-9(2)21-15(13(8)16(19)20-3)17-14(18)12-7-10-4-5-11(12)6-10/h10-12H,4-7H2,1-3H3,(H,17,18)/t10-,11+,12-/m0/s1. The summed E-state index contributed by atoms with van der Waals surface area (Å²) in [7, 11) is 1.37. The third kappa shape index (κ3) is 2.48. The number of amides is 1. The van der Waals surface area contributed by atoms with Crippen LogP contribution in [0.2, 0.25) is 0 Å². The van der Waals surface area contributed by atoms with E-state index in [0.717, 1.165) is 22.8 Å². The summed E-state index contributed by atoms with van der Waals surface area (Å²) in [6.07, 6.45) is 4.66. The van der Waals surface area contributed by atoms with Gasteiger partial charge in [0.15, 0.2) is 0 Å². The molecule has 1 heterocycles. The van der Waals surface area contributed by atoms with Crippen LogP contribution >= 0.6 is 11.3 Å². The Balaban J connectivity index is 1.80. The van der Waals surface area contributed by atoms with Crippen LogP contribution in [0, 0.1) is 31.6 Å². The highest BCUT2D eigenvalue weighted by Crippen LogP contribution is 2.48. The van der Waals surface area contributed by atoms with Gasteiger partial charge in [0.1, 0.15) is 5.00 Å². The van der Waals surface area contributed by atoms with Crippen molar-refractivity contribution in [3.8, 4) is 0 Å². The molecule has 1 aromatic heterocycles. The van der Waals surface area contributed by atoms with Gasteiger partial charge in [-0.15, -0.1) is 11.3 Å². The number of rotatable bonds is 3. The summed E-state index contributed by atoms with van der Waals surface area (Å²) >= 11 is 1.46. The predicted octanol–water partition coefficient (Wildman–Crippen LogP) is 3.53. The third-order valence-electron chi connectivity index (χ3n) is 5.09. The fraction of sp³-hybridized carbons (Fsp3) is 0.625. The lowest BCUT2D eigenvalue weighted by atomic mass is 9.88. The minimum absolute atomic E-state index is 0.0774. The normalized spacial score (nSPS) is 26.9. The Morgan fingerprint density at radius 2 is 2.00 bits per heavy atom. The van der Waals surface area contributed by atoms with Gasteiger partial charge in [0, 0.05) is 10.8 Å². The van der Waals surface area contributed by atoms with Gasteiger partial charge in [-0.3, -0.25) is 4.79 Å². The zero-order valence-electron chi connectivity index (χ0n) is 12.7. The summed E-state index contributed by atoms with van der Waals surface area (Å²) in [5.41, 5.74) is 1.41. The van der Waals surface area contributed by atoms with Gasteiger partial charge in [-0.05, 0) is 50.5 Å². The summed E-state index contributed by atoms with van der Waals surface area (Å²) in [6, 6.07) is 0. The first-order chi connectivity index (χ1) is 10.0. The second-order valence-electron chi connectivity index (χ2n) is 6.25. The number of carbonyl (C=O) groups is 2. The van der Waals surface area contributed by atoms with Crippen LogP contribution in [0.25, 0.3) is 0 Å². The molecule has 114 valence electrons. The van der Waals surface area contributed by atoms with Gasteiger partial charge >= 0.3 is 5.97 Å². The van der Waals surface area contributed by atoms with E-state index in [1.54, 1.807) is 0 Å². The molecule has 0 saturated heterocycles. The highest BCUT2D eigenvalue weighted by atomic mass is 32.1. The van der Waals surface area contributed by atoms with Crippen LogP contribution in [0.3, 0.4) is 0 Å². The summed E-state index contributed by atoms with van der Waals surface area (Å²) < 4.78 is 4.84. The van der Waals surface area contributed by atoms with E-state index in [0.29, 0.717) is 16.5 Å². The highest BCUT2D eigenvalue weighted by Gasteiger charge is 2.43. The average Bonchev–Trinajstić information content (AvgIpc) is 3.14. The van der Waals surface area contributed by atoms with E-state index in [1.165, 1.54) is 37.7 Å². The van der Waals surface area contributed by atoms with Crippen LogP contribution in [0.1, 0.15) is 46.5 Å². The van der Waals surface area contributed by atoms with E-state index in [-0.39, 0.29) is 17.8 Å². The molecule has 3 rings (SSSR count). The number of thiophene rings is 1. The van der Waals surface area contributed by atoms with Crippen molar-refractivity contribution in [2.24, 2.45) is 17.8 Å². The smallest absolute Gasteiger partial charge is 0.341 e. The molecule has 5 heteroatoms. The van der Waals surface area contributed by atoms with Crippen molar-refractivity contribution in [3.05, 3.63) is 16.0 Å². The number of hydrogen-bond donors (Lipinski definition) is 1. The number of aryl methyl sites for hydroxylation is 1. The largest absolute Gasteiger partial charge is 0.465 e. The molecule has 2 bridgehead atoms. The van der Waals surface area contributed by atoms with Crippen molar-refractivity contribution in [1.82, 2.24) is 0 Å². The van der Waals surface area contributed by atoms with Gasteiger partial charge in [0.05, 0.1) is 12.7 Å². The topological polar surface area (TPSA) is 55.4 Å². The third-order valence-corrected chi connectivity index (χ3v) is 6.21. The van der Waals surface area contributed by atoms with Crippen LogP contribution in [-0.4, -0.2) is 19.0 Å². The Hall–Kier alpha value is -1.36. The van der Waals surface area contributed by atoms with Crippen LogP contribution in [0.4, 0.5) is 5.00 Å². The fourth-order valence-electron chi connectivity index (χ4n) is 3.83. The molecular weight excluding hydrogens is 286 g/mol. The number of esters is 1. The number of hydrogen-bond acceptors (Lipinski definition) is 4. The molecule has 0 aromatic carbocycles. The monoisotopic (exact) mass is 307 g/mol. The highest BCUT2D eigenvalue weighted by molar-refractivity contribution is 7.16. The number of methoxy groups -OCH3 is 1. The molecule has 2 aliphatic rings. The van der Waals surface area contributed by atoms with E-state index < -0.39 is 0 Å². The van der Waals surface area contributed by atoms with E-state index in [4.69, 9.17) is 4.74 Å². The Bertz CT molecular complexity index is 593. The number of anilines is 1. The zero-order chi connectivity index (χ0) is 15.1. The Labute approximate surface area is 128 Å². The average molecular weight is 307 g/mol. The predicted molar refractivity (Wildman–Crippen MR) is 82.7 cm³/mol. The molecule has 0 spiro atoms. The van der Waals surface area contributed by atoms with Crippen molar-refractivity contribution >= 4 is 28.2 Å². The lowest BCUT2D eigenvalue weighted by molar-refractivity contribution is -0.121. The van der Waals surface area contributed by atoms with Gasteiger partial charge in [-0.1, -0.05) is 6.42 Å². The van der Waals surface area contributed by atoms with Gasteiger partial charge < -0.3 is 10.1 Å². The molecule has 1 aromatic rings. The first-order valence-electron chi connectivity index (χ1n) is 7.50. The molecule has 0 unspecified atom stereocenters. The van der Waals surface area contributed by atoms with Crippen LogP contribution in [-0.2, 0) is 9.53 Å². The molecule has 0 radical (unpaired) electrons. The number of fused-ring (bicyclic) bond motifs is 2. The summed E-state index contributed by atoms with van der Waals surface area (Å²) in [5, 5.41) is 3.64. The molecule has 1 N–H and O–H groups in total. The first kappa shape index (κ1) is 14.6. The lowest BCUT2D eigenvalue weighted by Crippen LogP contribution is -2.27.